The smallest absolute Gasteiger partial charge is 0.266 e. The molecule has 1 heterocycles. The largest absolute Gasteiger partial charge is 0.497 e. The van der Waals surface area contributed by atoms with Crippen LogP contribution in [0.1, 0.15) is 34.2 Å². The number of Topliss-reactive ketones (excluding diaryl/α,β-unsaturated/α-hetero) is 1. The van der Waals surface area contributed by atoms with E-state index in [0.29, 0.717) is 17.0 Å². The molecule has 0 aliphatic heterocycles. The third-order valence-corrected chi connectivity index (χ3v) is 5.02. The molecular weight excluding hydrogens is 390 g/mol. The second-order valence-electron chi connectivity index (χ2n) is 7.12. The van der Waals surface area contributed by atoms with Gasteiger partial charge in [0.2, 0.25) is 0 Å². The first-order valence-corrected chi connectivity index (χ1v) is 9.71. The van der Waals surface area contributed by atoms with Crippen LogP contribution < -0.4 is 10.1 Å². The minimum Gasteiger partial charge on any atom is -0.497 e. The average Bonchev–Trinajstić information content (AvgIpc) is 3.05. The highest BCUT2D eigenvalue weighted by Crippen LogP contribution is 2.24. The number of ketones is 1. The zero-order chi connectivity index (χ0) is 22.5. The first-order chi connectivity index (χ1) is 14.8. The number of benzene rings is 2. The van der Waals surface area contributed by atoms with E-state index < -0.39 is 5.91 Å². The minimum atomic E-state index is -0.483. The molecule has 1 N–H and O–H groups in total. The minimum absolute atomic E-state index is 0.00277. The van der Waals surface area contributed by atoms with E-state index in [1.54, 1.807) is 49.6 Å². The number of nitrogens with one attached hydrogen (secondary N) is 1. The fourth-order valence-electron chi connectivity index (χ4n) is 3.35. The SMILES string of the molecule is COc1ccc(NC(=O)C(C#N)=Cc2cc(C)n(-c3ccc(C(C)=O)cc3)c2C)cc1. The molecule has 1 amide bonds. The molecule has 0 saturated heterocycles. The van der Waals surface area contributed by atoms with Crippen molar-refractivity contribution in [1.29, 1.82) is 5.26 Å². The van der Waals surface area contributed by atoms with Crippen LogP contribution in [0.3, 0.4) is 0 Å². The molecule has 1 aromatic heterocycles. The van der Waals surface area contributed by atoms with Crippen LogP contribution in [0.5, 0.6) is 5.75 Å². The highest BCUT2D eigenvalue weighted by molar-refractivity contribution is 6.09. The summed E-state index contributed by atoms with van der Waals surface area (Å²) in [5, 5.41) is 12.3. The van der Waals surface area contributed by atoms with Crippen LogP contribution in [0, 0.1) is 25.2 Å². The highest BCUT2D eigenvalue weighted by atomic mass is 16.5. The van der Waals surface area contributed by atoms with Crippen LogP contribution in [0.2, 0.25) is 0 Å². The summed E-state index contributed by atoms with van der Waals surface area (Å²) in [5.74, 6) is 0.207. The van der Waals surface area contributed by atoms with Crippen molar-refractivity contribution in [3.63, 3.8) is 0 Å². The van der Waals surface area contributed by atoms with E-state index in [0.717, 1.165) is 22.6 Å². The molecule has 6 nitrogen and oxygen atoms in total. The Morgan fingerprint density at radius 3 is 2.26 bits per heavy atom. The number of hydrogen-bond donors (Lipinski definition) is 1. The molecule has 0 spiro atoms. The lowest BCUT2D eigenvalue weighted by atomic mass is 10.1. The van der Waals surface area contributed by atoms with E-state index in [-0.39, 0.29) is 11.4 Å². The van der Waals surface area contributed by atoms with E-state index in [2.05, 4.69) is 5.32 Å². The maximum atomic E-state index is 12.6. The maximum Gasteiger partial charge on any atom is 0.266 e. The number of aryl methyl sites for hydroxylation is 1. The van der Waals surface area contributed by atoms with Crippen LogP contribution in [0.15, 0.2) is 60.2 Å². The molecule has 0 bridgehead atoms. The zero-order valence-electron chi connectivity index (χ0n) is 17.9. The van der Waals surface area contributed by atoms with E-state index in [1.165, 1.54) is 6.92 Å². The van der Waals surface area contributed by atoms with Crippen LogP contribution in [0.25, 0.3) is 11.8 Å². The van der Waals surface area contributed by atoms with Gasteiger partial charge in [-0.05, 0) is 87.0 Å². The van der Waals surface area contributed by atoms with Crippen LogP contribution >= 0.6 is 0 Å². The van der Waals surface area contributed by atoms with Gasteiger partial charge in [0.05, 0.1) is 7.11 Å². The number of nitriles is 1. The van der Waals surface area contributed by atoms with Crippen molar-refractivity contribution < 1.29 is 14.3 Å². The van der Waals surface area contributed by atoms with Crippen LogP contribution in [-0.2, 0) is 4.79 Å². The molecule has 0 unspecified atom stereocenters. The Bertz CT molecular complexity index is 1190. The standard InChI is InChI=1S/C25H23N3O3/c1-16-13-20(17(2)28(16)23-9-5-19(6-10-23)18(3)29)14-21(15-26)25(30)27-22-7-11-24(31-4)12-8-22/h5-14H,1-4H3,(H,27,30). The van der Waals surface area contributed by atoms with Gasteiger partial charge in [-0.3, -0.25) is 9.59 Å². The molecule has 6 heteroatoms. The molecule has 0 atom stereocenters. The number of hydrogen-bond acceptors (Lipinski definition) is 4. The van der Waals surface area contributed by atoms with Gasteiger partial charge in [0, 0.05) is 28.3 Å². The van der Waals surface area contributed by atoms with Crippen LogP contribution in [0.4, 0.5) is 5.69 Å². The highest BCUT2D eigenvalue weighted by Gasteiger charge is 2.14. The summed E-state index contributed by atoms with van der Waals surface area (Å²) in [6, 6.07) is 18.1. The average molecular weight is 413 g/mol. The quantitative estimate of drug-likeness (QED) is 0.356. The molecule has 3 aromatic rings. The first kappa shape index (κ1) is 21.6. The lowest BCUT2D eigenvalue weighted by molar-refractivity contribution is -0.112. The van der Waals surface area contributed by atoms with E-state index in [9.17, 15) is 14.9 Å². The van der Waals surface area contributed by atoms with Gasteiger partial charge < -0.3 is 14.6 Å². The van der Waals surface area contributed by atoms with Gasteiger partial charge in [0.15, 0.2) is 5.78 Å². The monoisotopic (exact) mass is 413 g/mol. The Kier molecular flexibility index (Phi) is 6.37. The number of carbonyl (C=O) groups is 2. The molecular formula is C25H23N3O3. The number of amides is 1. The predicted molar refractivity (Wildman–Crippen MR) is 120 cm³/mol. The van der Waals surface area contributed by atoms with Gasteiger partial charge in [-0.1, -0.05) is 0 Å². The summed E-state index contributed by atoms with van der Waals surface area (Å²) < 4.78 is 7.13. The Hall–Kier alpha value is -4.11. The number of carbonyl (C=O) groups excluding carboxylic acids is 2. The van der Waals surface area contributed by atoms with Gasteiger partial charge in [0.1, 0.15) is 17.4 Å². The molecule has 3 rings (SSSR count). The van der Waals surface area contributed by atoms with Crippen molar-refractivity contribution in [2.75, 3.05) is 12.4 Å². The Balaban J connectivity index is 1.88. The molecule has 2 aromatic carbocycles. The summed E-state index contributed by atoms with van der Waals surface area (Å²) >= 11 is 0. The molecule has 31 heavy (non-hydrogen) atoms. The molecule has 0 aliphatic carbocycles. The molecule has 0 fully saturated rings. The number of methoxy groups -OCH3 is 1. The fourth-order valence-corrected chi connectivity index (χ4v) is 3.35. The van der Waals surface area contributed by atoms with Crippen molar-refractivity contribution in [2.45, 2.75) is 20.8 Å². The van der Waals surface area contributed by atoms with E-state index in [4.69, 9.17) is 4.74 Å². The van der Waals surface area contributed by atoms with Crippen molar-refractivity contribution >= 4 is 23.5 Å². The van der Waals surface area contributed by atoms with Gasteiger partial charge >= 0.3 is 0 Å². The number of ether oxygens (including phenoxy) is 1. The molecule has 0 aliphatic rings. The fraction of sp³-hybridized carbons (Fsp3) is 0.160. The maximum absolute atomic E-state index is 12.6. The van der Waals surface area contributed by atoms with Crippen molar-refractivity contribution in [3.05, 3.63) is 82.7 Å². The topological polar surface area (TPSA) is 84.1 Å². The van der Waals surface area contributed by atoms with Gasteiger partial charge in [0.25, 0.3) is 5.91 Å². The molecule has 156 valence electrons. The molecule has 0 saturated carbocycles. The predicted octanol–water partition coefficient (Wildman–Crippen LogP) is 4.85. The summed E-state index contributed by atoms with van der Waals surface area (Å²) in [6.07, 6.45) is 1.58. The summed E-state index contributed by atoms with van der Waals surface area (Å²) in [5.41, 5.74) is 4.74. The van der Waals surface area contributed by atoms with E-state index in [1.807, 2.05) is 42.7 Å². The molecule has 0 radical (unpaired) electrons. The second-order valence-corrected chi connectivity index (χ2v) is 7.12. The normalized spacial score (nSPS) is 11.0. The third kappa shape index (κ3) is 4.73. The van der Waals surface area contributed by atoms with Crippen LogP contribution in [-0.4, -0.2) is 23.4 Å². The summed E-state index contributed by atoms with van der Waals surface area (Å²) in [6.45, 7) is 5.41. The van der Waals surface area contributed by atoms with Crippen molar-refractivity contribution in [1.82, 2.24) is 4.57 Å². The number of rotatable bonds is 6. The van der Waals surface area contributed by atoms with Crippen molar-refractivity contribution in [3.8, 4) is 17.5 Å². The summed E-state index contributed by atoms with van der Waals surface area (Å²) in [7, 11) is 1.57. The Morgan fingerprint density at radius 1 is 1.06 bits per heavy atom. The van der Waals surface area contributed by atoms with Gasteiger partial charge in [-0.15, -0.1) is 0 Å². The van der Waals surface area contributed by atoms with E-state index >= 15 is 0 Å². The second kappa shape index (κ2) is 9.14. The Morgan fingerprint density at radius 2 is 1.71 bits per heavy atom. The first-order valence-electron chi connectivity index (χ1n) is 9.71. The third-order valence-electron chi connectivity index (χ3n) is 5.02. The number of nitrogens with zero attached hydrogens (tertiary/aromatic N) is 2. The van der Waals surface area contributed by atoms with Gasteiger partial charge in [-0.2, -0.15) is 5.26 Å². The number of anilines is 1. The summed E-state index contributed by atoms with van der Waals surface area (Å²) in [4.78, 5) is 24.1. The zero-order valence-corrected chi connectivity index (χ0v) is 17.9. The van der Waals surface area contributed by atoms with Crippen molar-refractivity contribution in [2.24, 2.45) is 0 Å². The Labute approximate surface area is 181 Å². The number of aromatic nitrogens is 1. The van der Waals surface area contributed by atoms with Gasteiger partial charge in [-0.25, -0.2) is 0 Å². The lowest BCUT2D eigenvalue weighted by Crippen LogP contribution is -2.13. The lowest BCUT2D eigenvalue weighted by Gasteiger charge is -2.10.